The molecule has 0 aliphatic rings. The van der Waals surface area contributed by atoms with Crippen molar-refractivity contribution in [3.63, 3.8) is 0 Å². The molecule has 0 fully saturated rings. The lowest BCUT2D eigenvalue weighted by molar-refractivity contribution is -0.461. The van der Waals surface area contributed by atoms with Crippen molar-refractivity contribution in [3.05, 3.63) is 0 Å². The maximum Gasteiger partial charge on any atom is 0.460 e. The van der Waals surface area contributed by atoms with Gasteiger partial charge in [0.1, 0.15) is 0 Å². The Morgan fingerprint density at radius 1 is 0.562 bits per heavy atom. The Balaban J connectivity index is 6.44. The van der Waals surface area contributed by atoms with E-state index in [4.69, 9.17) is 0 Å². The van der Waals surface area contributed by atoms with E-state index < -0.39 is 65.5 Å². The van der Waals surface area contributed by atoms with E-state index in [0.717, 1.165) is 0 Å². The Hall–Kier alpha value is -1.30. The molecule has 0 radical (unpaired) electrons. The maximum absolute atomic E-state index is 13.5. The molecule has 0 amide bonds. The molecule has 1 nitrogen and oxygen atoms in total. The van der Waals surface area contributed by atoms with Crippen molar-refractivity contribution in [2.24, 2.45) is 0 Å². The van der Waals surface area contributed by atoms with E-state index in [0.29, 0.717) is 0 Å². The summed E-state index contributed by atoms with van der Waals surface area (Å²) in [5, 5.41) is 2.02. The molecule has 32 heavy (non-hydrogen) atoms. The minimum atomic E-state index is -8.61. The van der Waals surface area contributed by atoms with Gasteiger partial charge < -0.3 is 5.32 Å². The van der Waals surface area contributed by atoms with Crippen molar-refractivity contribution < 1.29 is 74.6 Å². The molecule has 19 heteroatoms. The lowest BCUT2D eigenvalue weighted by Gasteiger charge is -2.42. The van der Waals surface area contributed by atoms with Gasteiger partial charge >= 0.3 is 47.6 Å². The second kappa shape index (κ2) is 8.48. The third kappa shape index (κ3) is 4.41. The molecule has 1 N–H and O–H groups in total. The van der Waals surface area contributed by atoms with E-state index in [1.54, 1.807) is 0 Å². The number of alkyl halides is 17. The number of halogens is 17. The van der Waals surface area contributed by atoms with Gasteiger partial charge in [-0.1, -0.05) is 12.2 Å². The predicted molar refractivity (Wildman–Crippen MR) is 76.2 cm³/mol. The van der Waals surface area contributed by atoms with Crippen molar-refractivity contribution in [1.82, 2.24) is 5.32 Å². The summed E-state index contributed by atoms with van der Waals surface area (Å²) in [4.78, 5) is -0.736. The van der Waals surface area contributed by atoms with Crippen LogP contribution in [-0.2, 0) is 0 Å². The molecule has 0 heterocycles. The van der Waals surface area contributed by atoms with Crippen LogP contribution in [-0.4, -0.2) is 59.2 Å². The standard InChI is InChI=1S/C13H10F17NS/c1-2-31-5(32)3-4-6(14,15)7(16,17)8(18,19)9(20,21)10(22,23)11(24,25)12(26,27)13(28,29)30/h2-4H2,1H3,(H,31,32). The Kier molecular flexibility index (Phi) is 8.14. The molecule has 0 unspecified atom stereocenters. The van der Waals surface area contributed by atoms with Crippen LogP contribution in [0.5, 0.6) is 0 Å². The first-order chi connectivity index (χ1) is 13.7. The molecule has 0 aromatic carbocycles. The second-order valence-corrected chi connectivity index (χ2v) is 6.59. The molecular weight excluding hydrogens is 525 g/mol. The molecule has 192 valence electrons. The molecule has 0 atom stereocenters. The SMILES string of the molecule is CCNC(=S)CCC(F)(F)C(F)(F)C(F)(F)C(F)(F)C(F)(F)C(F)(F)C(F)(F)C(F)(F)F. The van der Waals surface area contributed by atoms with Gasteiger partial charge in [0.25, 0.3) is 0 Å². The van der Waals surface area contributed by atoms with Gasteiger partial charge in [-0.05, 0) is 6.92 Å². The molecule has 0 aromatic heterocycles. The van der Waals surface area contributed by atoms with Gasteiger partial charge in [0.05, 0.1) is 4.99 Å². The van der Waals surface area contributed by atoms with Crippen molar-refractivity contribution in [2.75, 3.05) is 6.54 Å². The molecule has 0 aliphatic carbocycles. The van der Waals surface area contributed by atoms with Crippen LogP contribution in [0.25, 0.3) is 0 Å². The molecule has 0 aliphatic heterocycles. The summed E-state index contributed by atoms with van der Waals surface area (Å²) in [6.45, 7) is 1.14. The third-order valence-corrected chi connectivity index (χ3v) is 4.18. The highest BCUT2D eigenvalue weighted by molar-refractivity contribution is 7.80. The Morgan fingerprint density at radius 2 is 0.875 bits per heavy atom. The summed E-state index contributed by atoms with van der Waals surface area (Å²) in [5.41, 5.74) is 0. The third-order valence-electron chi connectivity index (χ3n) is 3.83. The summed E-state index contributed by atoms with van der Waals surface area (Å²) in [6.07, 6.45) is -11.8. The molecule has 0 saturated heterocycles. The fraction of sp³-hybridized carbons (Fsp3) is 0.923. The first kappa shape index (κ1) is 30.7. The highest BCUT2D eigenvalue weighted by atomic mass is 32.1. The molecular formula is C13H10F17NS. The highest BCUT2D eigenvalue weighted by Crippen LogP contribution is 2.64. The van der Waals surface area contributed by atoms with Gasteiger partial charge in [-0.2, -0.15) is 74.6 Å². The highest BCUT2D eigenvalue weighted by Gasteiger charge is 2.95. The topological polar surface area (TPSA) is 12.0 Å². The smallest absolute Gasteiger partial charge is 0.380 e. The van der Waals surface area contributed by atoms with Crippen molar-refractivity contribution in [2.45, 2.75) is 67.4 Å². The van der Waals surface area contributed by atoms with Crippen LogP contribution < -0.4 is 5.32 Å². The zero-order valence-corrected chi connectivity index (χ0v) is 15.8. The van der Waals surface area contributed by atoms with Crippen molar-refractivity contribution >= 4 is 17.2 Å². The summed E-state index contributed by atoms with van der Waals surface area (Å²) < 4.78 is 222. The van der Waals surface area contributed by atoms with Crippen LogP contribution in [0, 0.1) is 0 Å². The van der Waals surface area contributed by atoms with Gasteiger partial charge in [0, 0.05) is 19.4 Å². The molecule has 0 spiro atoms. The van der Waals surface area contributed by atoms with Gasteiger partial charge in [0.2, 0.25) is 0 Å². The van der Waals surface area contributed by atoms with Gasteiger partial charge in [-0.25, -0.2) is 0 Å². The normalized spacial score (nSPS) is 15.7. The zero-order valence-electron chi connectivity index (χ0n) is 15.0. The first-order valence-corrected chi connectivity index (χ1v) is 8.09. The summed E-state index contributed by atoms with van der Waals surface area (Å²) >= 11 is 4.26. The van der Waals surface area contributed by atoms with Gasteiger partial charge in [0.15, 0.2) is 0 Å². The van der Waals surface area contributed by atoms with Crippen LogP contribution in [0.4, 0.5) is 74.6 Å². The molecule has 0 bridgehead atoms. The average Bonchev–Trinajstić information content (AvgIpc) is 2.58. The minimum absolute atomic E-state index is 0.135. The van der Waals surface area contributed by atoms with Crippen molar-refractivity contribution in [1.29, 1.82) is 0 Å². The number of nitrogens with one attached hydrogen (secondary N) is 1. The first-order valence-electron chi connectivity index (χ1n) is 7.68. The van der Waals surface area contributed by atoms with Gasteiger partial charge in [-0.15, -0.1) is 0 Å². The van der Waals surface area contributed by atoms with E-state index in [2.05, 4.69) is 12.2 Å². The lowest BCUT2D eigenvalue weighted by Crippen LogP contribution is -2.74. The monoisotopic (exact) mass is 535 g/mol. The van der Waals surface area contributed by atoms with Crippen molar-refractivity contribution in [3.8, 4) is 0 Å². The van der Waals surface area contributed by atoms with Crippen LogP contribution in [0.15, 0.2) is 0 Å². The van der Waals surface area contributed by atoms with E-state index in [-0.39, 0.29) is 6.54 Å². The maximum atomic E-state index is 13.5. The minimum Gasteiger partial charge on any atom is -0.380 e. The summed E-state index contributed by atoms with van der Waals surface area (Å²) in [5.74, 6) is -56.1. The number of hydrogen-bond donors (Lipinski definition) is 1. The van der Waals surface area contributed by atoms with Crippen LogP contribution in [0.2, 0.25) is 0 Å². The number of hydrogen-bond acceptors (Lipinski definition) is 1. The largest absolute Gasteiger partial charge is 0.460 e. The lowest BCUT2D eigenvalue weighted by atomic mass is 9.88. The zero-order chi connectivity index (χ0) is 26.4. The van der Waals surface area contributed by atoms with E-state index >= 15 is 0 Å². The quantitative estimate of drug-likeness (QED) is 0.247. The predicted octanol–water partition coefficient (Wildman–Crippen LogP) is 6.71. The fourth-order valence-corrected chi connectivity index (χ4v) is 2.16. The summed E-state index contributed by atoms with van der Waals surface area (Å²) in [6, 6.07) is 0. The van der Waals surface area contributed by atoms with E-state index in [9.17, 15) is 74.6 Å². The van der Waals surface area contributed by atoms with E-state index in [1.807, 2.05) is 5.32 Å². The van der Waals surface area contributed by atoms with Crippen LogP contribution in [0.1, 0.15) is 19.8 Å². The van der Waals surface area contributed by atoms with Gasteiger partial charge in [-0.3, -0.25) is 0 Å². The van der Waals surface area contributed by atoms with E-state index in [1.165, 1.54) is 6.92 Å². The summed E-state index contributed by atoms with van der Waals surface area (Å²) in [7, 11) is 0. The number of rotatable bonds is 10. The van der Waals surface area contributed by atoms with Crippen LogP contribution >= 0.6 is 12.2 Å². The molecule has 0 rings (SSSR count). The number of thiocarbonyl (C=S) groups is 1. The molecule has 0 saturated carbocycles. The average molecular weight is 535 g/mol. The Morgan fingerprint density at radius 3 is 1.19 bits per heavy atom. The Bertz CT molecular complexity index is 680. The Labute approximate surface area is 172 Å². The fourth-order valence-electron chi connectivity index (χ4n) is 1.91. The second-order valence-electron chi connectivity index (χ2n) is 6.10. The van der Waals surface area contributed by atoms with Crippen LogP contribution in [0.3, 0.4) is 0 Å². The molecule has 0 aromatic rings.